The number of carboxylic acids is 1. The molecular formula is C16H20O3. The molecule has 0 saturated heterocycles. The lowest BCUT2D eigenvalue weighted by Gasteiger charge is -2.13. The highest BCUT2D eigenvalue weighted by atomic mass is 16.5. The third kappa shape index (κ3) is 4.12. The molecule has 0 aromatic heterocycles. The summed E-state index contributed by atoms with van der Waals surface area (Å²) in [6.07, 6.45) is 7.83. The fourth-order valence-electron chi connectivity index (χ4n) is 2.48. The predicted molar refractivity (Wildman–Crippen MR) is 75.3 cm³/mol. The second-order valence-corrected chi connectivity index (χ2v) is 5.17. The molecule has 0 heterocycles. The standard InChI is InChI=1S/C16H20O3/c1-12-6-8-15(14(10-12)7-9-16(17)18)19-11-13-4-2-3-5-13/h6-10,13H,2-5,11H2,1H3,(H,17,18)/b9-7+. The summed E-state index contributed by atoms with van der Waals surface area (Å²) in [5.41, 5.74) is 1.93. The van der Waals surface area contributed by atoms with Crippen molar-refractivity contribution in [1.82, 2.24) is 0 Å². The molecule has 0 amide bonds. The number of hydrogen-bond donors (Lipinski definition) is 1. The zero-order chi connectivity index (χ0) is 13.7. The molecule has 0 unspecified atom stereocenters. The molecule has 0 bridgehead atoms. The van der Waals surface area contributed by atoms with Crippen LogP contribution in [-0.4, -0.2) is 17.7 Å². The van der Waals surface area contributed by atoms with E-state index in [0.29, 0.717) is 5.92 Å². The van der Waals surface area contributed by atoms with Crippen molar-refractivity contribution in [2.24, 2.45) is 5.92 Å². The van der Waals surface area contributed by atoms with Gasteiger partial charge in [0.1, 0.15) is 5.75 Å². The third-order valence-corrected chi connectivity index (χ3v) is 3.52. The van der Waals surface area contributed by atoms with Crippen molar-refractivity contribution in [3.63, 3.8) is 0 Å². The van der Waals surface area contributed by atoms with Crippen LogP contribution in [0.2, 0.25) is 0 Å². The molecule has 1 aromatic carbocycles. The van der Waals surface area contributed by atoms with Gasteiger partial charge in [0.15, 0.2) is 0 Å². The minimum Gasteiger partial charge on any atom is -0.493 e. The van der Waals surface area contributed by atoms with Crippen molar-refractivity contribution in [3.8, 4) is 5.75 Å². The van der Waals surface area contributed by atoms with Crippen LogP contribution in [0.4, 0.5) is 0 Å². The fraction of sp³-hybridized carbons (Fsp3) is 0.438. The number of carbonyl (C=O) groups is 1. The first-order chi connectivity index (χ1) is 9.15. The Morgan fingerprint density at radius 1 is 1.42 bits per heavy atom. The molecule has 2 rings (SSSR count). The summed E-state index contributed by atoms with van der Waals surface area (Å²) in [6.45, 7) is 2.72. The molecule has 1 fully saturated rings. The molecule has 0 aliphatic heterocycles. The van der Waals surface area contributed by atoms with Gasteiger partial charge in [-0.25, -0.2) is 4.79 Å². The van der Waals surface area contributed by atoms with Crippen molar-refractivity contribution in [2.45, 2.75) is 32.6 Å². The molecule has 3 heteroatoms. The van der Waals surface area contributed by atoms with Crippen molar-refractivity contribution in [2.75, 3.05) is 6.61 Å². The van der Waals surface area contributed by atoms with Crippen molar-refractivity contribution < 1.29 is 14.6 Å². The highest BCUT2D eigenvalue weighted by molar-refractivity contribution is 5.85. The SMILES string of the molecule is Cc1ccc(OCC2CCCC2)c(/C=C/C(=O)O)c1. The van der Waals surface area contributed by atoms with E-state index < -0.39 is 5.97 Å². The lowest BCUT2D eigenvalue weighted by molar-refractivity contribution is -0.131. The van der Waals surface area contributed by atoms with Gasteiger partial charge in [0.05, 0.1) is 6.61 Å². The van der Waals surface area contributed by atoms with E-state index in [1.165, 1.54) is 25.7 Å². The van der Waals surface area contributed by atoms with Gasteiger partial charge in [0.25, 0.3) is 0 Å². The number of aryl methyl sites for hydroxylation is 1. The van der Waals surface area contributed by atoms with E-state index in [1.54, 1.807) is 6.08 Å². The maximum absolute atomic E-state index is 10.6. The Morgan fingerprint density at radius 2 is 2.16 bits per heavy atom. The molecular weight excluding hydrogens is 240 g/mol. The van der Waals surface area contributed by atoms with Crippen LogP contribution in [0.25, 0.3) is 6.08 Å². The Hall–Kier alpha value is -1.77. The fourth-order valence-corrected chi connectivity index (χ4v) is 2.48. The van der Waals surface area contributed by atoms with Crippen molar-refractivity contribution in [3.05, 3.63) is 35.4 Å². The molecule has 3 nitrogen and oxygen atoms in total. The summed E-state index contributed by atoms with van der Waals surface area (Å²) < 4.78 is 5.86. The van der Waals surface area contributed by atoms with Crippen LogP contribution in [-0.2, 0) is 4.79 Å². The number of carboxylic acid groups (broad SMARTS) is 1. The minimum atomic E-state index is -0.941. The van der Waals surface area contributed by atoms with Crippen LogP contribution in [0.3, 0.4) is 0 Å². The number of benzene rings is 1. The lowest BCUT2D eigenvalue weighted by Crippen LogP contribution is -2.08. The first-order valence-electron chi connectivity index (χ1n) is 6.79. The van der Waals surface area contributed by atoms with E-state index in [9.17, 15) is 4.79 Å². The third-order valence-electron chi connectivity index (χ3n) is 3.52. The minimum absolute atomic E-state index is 0.651. The Kier molecular flexibility index (Phi) is 4.61. The molecule has 1 aromatic rings. The highest BCUT2D eigenvalue weighted by Crippen LogP contribution is 2.27. The maximum atomic E-state index is 10.6. The van der Waals surface area contributed by atoms with E-state index in [1.807, 2.05) is 25.1 Å². The summed E-state index contributed by atoms with van der Waals surface area (Å²) in [4.78, 5) is 10.6. The van der Waals surface area contributed by atoms with Gasteiger partial charge < -0.3 is 9.84 Å². The number of aliphatic carboxylic acids is 1. The number of rotatable bonds is 5. The van der Waals surface area contributed by atoms with Gasteiger partial charge in [-0.15, -0.1) is 0 Å². The van der Waals surface area contributed by atoms with Crippen molar-refractivity contribution in [1.29, 1.82) is 0 Å². The Bertz CT molecular complexity index is 471. The van der Waals surface area contributed by atoms with Gasteiger partial charge in [-0.2, -0.15) is 0 Å². The summed E-state index contributed by atoms with van der Waals surface area (Å²) in [5, 5.41) is 8.71. The highest BCUT2D eigenvalue weighted by Gasteiger charge is 2.16. The van der Waals surface area contributed by atoms with E-state index in [4.69, 9.17) is 9.84 Å². The Balaban J connectivity index is 2.07. The summed E-state index contributed by atoms with van der Waals surface area (Å²) >= 11 is 0. The molecule has 1 aliphatic rings. The van der Waals surface area contributed by atoms with Gasteiger partial charge in [-0.05, 0) is 43.9 Å². The van der Waals surface area contributed by atoms with Crippen LogP contribution in [0, 0.1) is 12.8 Å². The van der Waals surface area contributed by atoms with E-state index >= 15 is 0 Å². The number of ether oxygens (including phenoxy) is 1. The molecule has 0 spiro atoms. The molecule has 0 radical (unpaired) electrons. The first kappa shape index (κ1) is 13.7. The lowest BCUT2D eigenvalue weighted by atomic mass is 10.1. The second kappa shape index (κ2) is 6.41. The van der Waals surface area contributed by atoms with Crippen LogP contribution in [0.5, 0.6) is 5.75 Å². The van der Waals surface area contributed by atoms with Gasteiger partial charge in [-0.3, -0.25) is 0 Å². The molecule has 1 N–H and O–H groups in total. The first-order valence-corrected chi connectivity index (χ1v) is 6.79. The Morgan fingerprint density at radius 3 is 2.84 bits per heavy atom. The van der Waals surface area contributed by atoms with E-state index in [-0.39, 0.29) is 0 Å². The quantitative estimate of drug-likeness (QED) is 0.822. The largest absolute Gasteiger partial charge is 0.493 e. The second-order valence-electron chi connectivity index (χ2n) is 5.17. The number of hydrogen-bond acceptors (Lipinski definition) is 2. The van der Waals surface area contributed by atoms with Gasteiger partial charge in [-0.1, -0.05) is 24.5 Å². The smallest absolute Gasteiger partial charge is 0.328 e. The summed E-state index contributed by atoms with van der Waals surface area (Å²) in [7, 11) is 0. The monoisotopic (exact) mass is 260 g/mol. The summed E-state index contributed by atoms with van der Waals surface area (Å²) in [6, 6.07) is 5.86. The normalized spacial score (nSPS) is 16.1. The van der Waals surface area contributed by atoms with Gasteiger partial charge in [0, 0.05) is 11.6 Å². The zero-order valence-corrected chi connectivity index (χ0v) is 11.3. The van der Waals surface area contributed by atoms with E-state index in [2.05, 4.69) is 0 Å². The molecule has 0 atom stereocenters. The van der Waals surface area contributed by atoms with Crippen molar-refractivity contribution >= 4 is 12.0 Å². The van der Waals surface area contributed by atoms with Crippen LogP contribution in [0.1, 0.15) is 36.8 Å². The van der Waals surface area contributed by atoms with Gasteiger partial charge >= 0.3 is 5.97 Å². The van der Waals surface area contributed by atoms with Crippen LogP contribution in [0.15, 0.2) is 24.3 Å². The molecule has 19 heavy (non-hydrogen) atoms. The molecule has 1 aliphatic carbocycles. The maximum Gasteiger partial charge on any atom is 0.328 e. The average Bonchev–Trinajstić information content (AvgIpc) is 2.88. The topological polar surface area (TPSA) is 46.5 Å². The zero-order valence-electron chi connectivity index (χ0n) is 11.3. The van der Waals surface area contributed by atoms with E-state index in [0.717, 1.165) is 29.6 Å². The van der Waals surface area contributed by atoms with Crippen LogP contribution >= 0.6 is 0 Å². The molecule has 102 valence electrons. The summed E-state index contributed by atoms with van der Waals surface area (Å²) in [5.74, 6) is 0.482. The average molecular weight is 260 g/mol. The Labute approximate surface area is 113 Å². The van der Waals surface area contributed by atoms with Crippen LogP contribution < -0.4 is 4.74 Å². The molecule has 1 saturated carbocycles. The predicted octanol–water partition coefficient (Wildman–Crippen LogP) is 3.66. The van der Waals surface area contributed by atoms with Gasteiger partial charge in [0.2, 0.25) is 0 Å².